The van der Waals surface area contributed by atoms with Crippen LogP contribution in [0.1, 0.15) is 97.3 Å². The van der Waals surface area contributed by atoms with Crippen molar-refractivity contribution in [1.29, 1.82) is 0 Å². The molecule has 0 aliphatic carbocycles. The molecular weight excluding hydrogens is 1450 g/mol. The average molecular weight is 1520 g/mol. The summed E-state index contributed by atoms with van der Waals surface area (Å²) in [5, 5.41) is 15.1. The monoisotopic (exact) mass is 1520 g/mol. The quantitative estimate of drug-likeness (QED) is 0.127. The number of fused-ring (bicyclic) bond motifs is 9. The summed E-state index contributed by atoms with van der Waals surface area (Å²) >= 11 is 4.89. The van der Waals surface area contributed by atoms with Gasteiger partial charge in [0.1, 0.15) is 77.7 Å². The van der Waals surface area contributed by atoms with E-state index < -0.39 is 0 Å². The molecule has 508 valence electrons. The van der Waals surface area contributed by atoms with E-state index in [9.17, 15) is 0 Å². The molecule has 0 radical (unpaired) electrons. The number of thiophene rings is 1. The molecule has 18 rings (SSSR count). The maximum atomic E-state index is 5.34. The van der Waals surface area contributed by atoms with E-state index in [0.29, 0.717) is 14.5 Å². The fourth-order valence-electron chi connectivity index (χ4n) is 10.1. The van der Waals surface area contributed by atoms with Crippen LogP contribution in [0, 0.1) is 125 Å². The Kier molecular flexibility index (Phi) is 24.2. The number of rotatable bonds is 0. The number of pyridine rings is 3. The zero-order valence-electron chi connectivity index (χ0n) is 58.5. The molecule has 15 aromatic heterocycles. The van der Waals surface area contributed by atoms with E-state index >= 15 is 0 Å². The largest absolute Gasteiger partial charge is 0.462 e. The van der Waals surface area contributed by atoms with Gasteiger partial charge in [0.25, 0.3) is 0 Å². The van der Waals surface area contributed by atoms with Crippen molar-refractivity contribution in [1.82, 2.24) is 101 Å². The van der Waals surface area contributed by atoms with Crippen LogP contribution in [0.15, 0.2) is 118 Å². The van der Waals surface area contributed by atoms with Gasteiger partial charge in [0.05, 0.1) is 46.1 Å². The van der Waals surface area contributed by atoms with Crippen molar-refractivity contribution < 1.29 is 13.7 Å². The molecule has 0 saturated heterocycles. The van der Waals surface area contributed by atoms with Crippen molar-refractivity contribution in [2.45, 2.75) is 125 Å². The normalized spacial score (nSPS) is 10.7. The molecular formula is C71H71N21O3S3Se2. The third kappa shape index (κ3) is 17.0. The summed E-state index contributed by atoms with van der Waals surface area (Å²) in [6.45, 7) is 36.2. The molecule has 0 fully saturated rings. The van der Waals surface area contributed by atoms with Gasteiger partial charge in [-0.2, -0.15) is 17.5 Å². The van der Waals surface area contributed by atoms with E-state index in [-0.39, 0.29) is 15.0 Å². The molecule has 0 unspecified atom stereocenters. The molecule has 0 amide bonds. The Labute approximate surface area is 600 Å². The Balaban J connectivity index is 0.000000122. The van der Waals surface area contributed by atoms with Crippen molar-refractivity contribution in [2.75, 3.05) is 0 Å². The molecule has 15 heterocycles. The topological polar surface area (TPSA) is 310 Å². The van der Waals surface area contributed by atoms with Gasteiger partial charge in [0.2, 0.25) is 0 Å². The van der Waals surface area contributed by atoms with Crippen molar-refractivity contribution >= 4 is 164 Å². The predicted octanol–water partition coefficient (Wildman–Crippen LogP) is 15.5. The predicted molar refractivity (Wildman–Crippen MR) is 399 cm³/mol. The van der Waals surface area contributed by atoms with Gasteiger partial charge in [-0.3, -0.25) is 34.9 Å². The summed E-state index contributed by atoms with van der Waals surface area (Å²) in [5.74, 6) is 1.68. The van der Waals surface area contributed by atoms with Gasteiger partial charge in [0, 0.05) is 65.5 Å². The third-order valence-electron chi connectivity index (χ3n) is 15.7. The second-order valence-electron chi connectivity index (χ2n) is 23.1. The Morgan fingerprint density at radius 1 is 0.270 bits per heavy atom. The zero-order chi connectivity index (χ0) is 71.3. The van der Waals surface area contributed by atoms with E-state index in [1.165, 1.54) is 64.3 Å². The summed E-state index contributed by atoms with van der Waals surface area (Å²) in [6.07, 6.45) is 19.2. The summed E-state index contributed by atoms with van der Waals surface area (Å²) in [5.41, 5.74) is 30.5. The number of aryl methyl sites for hydroxylation is 18. The molecule has 0 aliphatic heterocycles. The van der Waals surface area contributed by atoms with Gasteiger partial charge in [-0.05, 0) is 157 Å². The van der Waals surface area contributed by atoms with Gasteiger partial charge < -0.3 is 4.42 Å². The summed E-state index contributed by atoms with van der Waals surface area (Å²) < 4.78 is 42.8. The number of aromatic nitrogens is 21. The zero-order valence-corrected chi connectivity index (χ0v) is 64.3. The van der Waals surface area contributed by atoms with E-state index in [1.54, 1.807) is 67.1 Å². The van der Waals surface area contributed by atoms with Gasteiger partial charge in [-0.25, -0.2) is 19.2 Å². The third-order valence-corrected chi connectivity index (χ3v) is 20.9. The van der Waals surface area contributed by atoms with Crippen molar-refractivity contribution in [2.24, 2.45) is 0 Å². The number of hydrogen-bond donors (Lipinski definition) is 0. The maximum absolute atomic E-state index is 5.34. The molecule has 100 heavy (non-hydrogen) atoms. The van der Waals surface area contributed by atoms with Crippen LogP contribution < -0.4 is 0 Å². The molecule has 0 saturated carbocycles. The van der Waals surface area contributed by atoms with Crippen LogP contribution in [-0.4, -0.2) is 130 Å². The first-order chi connectivity index (χ1) is 48.1. The van der Waals surface area contributed by atoms with E-state index in [1.807, 2.05) is 93.8 Å². The second-order valence-corrected chi connectivity index (χ2v) is 29.7. The fraction of sp³-hybridized carbons (Fsp3) is 0.254. The van der Waals surface area contributed by atoms with E-state index in [2.05, 4.69) is 190 Å². The van der Waals surface area contributed by atoms with Crippen molar-refractivity contribution in [3.05, 3.63) is 202 Å². The molecule has 0 N–H and O–H groups in total. The van der Waals surface area contributed by atoms with Crippen LogP contribution in [0.5, 0.6) is 0 Å². The summed E-state index contributed by atoms with van der Waals surface area (Å²) in [6, 6.07) is 12.4. The average Bonchev–Trinajstić information content (AvgIpc) is 1.78. The van der Waals surface area contributed by atoms with Crippen molar-refractivity contribution in [3.8, 4) is 0 Å². The van der Waals surface area contributed by atoms with Crippen LogP contribution in [0.4, 0.5) is 0 Å². The smallest absolute Gasteiger partial charge is 0.156 e. The number of nitrogens with zero attached hydrogens (tertiary/aromatic N) is 21. The minimum atomic E-state index is 0.110. The van der Waals surface area contributed by atoms with Crippen molar-refractivity contribution in [3.63, 3.8) is 0 Å². The molecule has 18 aromatic rings. The van der Waals surface area contributed by atoms with Gasteiger partial charge in [0.15, 0.2) is 5.52 Å². The van der Waals surface area contributed by atoms with Gasteiger partial charge in [-0.15, -0.1) is 11.3 Å². The SMILES string of the molecule is Cc1[se]c(C)c2nccnc12.Cc1ccc(C)c2n[se]nc12.Cc1ccc(C)c2nonc12.Cc1ccc(C)c2nsnc12.Cc1cnc(C)c2nccnc12.Cc1cnc(C)c2nonc12.Cc1cnc(C)c2nsnc12.Cc1oc(C)c2nccnc12.Cc1sc(C)c2nccnc12. The molecule has 0 spiro atoms. The van der Waals surface area contributed by atoms with Crippen LogP contribution in [0.2, 0.25) is 0 Å². The van der Waals surface area contributed by atoms with Gasteiger partial charge in [-0.1, -0.05) is 24.3 Å². The molecule has 0 aliphatic rings. The summed E-state index contributed by atoms with van der Waals surface area (Å²) in [4.78, 5) is 48.8. The number of hydrogen-bond acceptors (Lipinski definition) is 27. The first-order valence-corrected chi connectivity index (χ1v) is 36.8. The first-order valence-electron chi connectivity index (χ1n) is 31.3. The Hall–Kier alpha value is -9.99. The van der Waals surface area contributed by atoms with E-state index in [0.717, 1.165) is 156 Å². The fourth-order valence-corrected chi connectivity index (χ4v) is 15.8. The maximum Gasteiger partial charge on any atom is 0.156 e. The van der Waals surface area contributed by atoms with Crippen LogP contribution in [0.3, 0.4) is 0 Å². The summed E-state index contributed by atoms with van der Waals surface area (Å²) in [7, 11) is 0. The Morgan fingerprint density at radius 2 is 0.570 bits per heavy atom. The Bertz CT molecular complexity index is 4850. The van der Waals surface area contributed by atoms with Crippen LogP contribution in [-0.2, 0) is 0 Å². The minimum Gasteiger partial charge on any atom is -0.462 e. The molecule has 24 nitrogen and oxygen atoms in total. The second kappa shape index (κ2) is 33.2. The molecule has 0 bridgehead atoms. The van der Waals surface area contributed by atoms with Crippen LogP contribution in [0.25, 0.3) is 99.3 Å². The number of furan rings is 1. The molecule has 29 heteroatoms. The molecule has 3 aromatic carbocycles. The van der Waals surface area contributed by atoms with E-state index in [4.69, 9.17) is 4.42 Å². The number of benzene rings is 3. The minimum absolute atomic E-state index is 0.110. The van der Waals surface area contributed by atoms with Gasteiger partial charge >= 0.3 is 142 Å². The van der Waals surface area contributed by atoms with Crippen LogP contribution >= 0.6 is 34.8 Å². The molecule has 0 atom stereocenters. The first kappa shape index (κ1) is 72.7. The standard InChI is InChI=1S/C9H9N3.2C8H8N2O.2C8H8N2S.2C8H8N2Se.C7H7N3O.C7H7N3S/c1-6-5-12-7(2)9-8(6)10-3-4-11-9;1-5-7-8(6(2)11-5)10-4-3-9-7;1-5-3-4-6(2)8-7(5)9-11-10-8;1-5-7-8(6(2)11-5)10-4-3-9-7;1-5-3-4-6(2)8-7(5)9-11-10-8;1-5-7-8(6(2)11-5)10-4-3-9-7;1-5-3-4-6(2)8-7(5)9-11-10-8;2*1-4-3-8-5(2)7-6(4)9-11-10-7/h3-5H,1-2H3;6*3-4H,1-2H3;2*3H,1-2H3. The Morgan fingerprint density at radius 3 is 0.980 bits per heavy atom.